The first-order valence-electron chi connectivity index (χ1n) is 9.83. The van der Waals surface area contributed by atoms with E-state index < -0.39 is 17.1 Å². The van der Waals surface area contributed by atoms with Crippen LogP contribution in [0.25, 0.3) is 0 Å². The van der Waals surface area contributed by atoms with E-state index in [1.165, 1.54) is 19.2 Å². The van der Waals surface area contributed by atoms with Gasteiger partial charge in [-0.1, -0.05) is 6.07 Å². The minimum atomic E-state index is -0.756. The van der Waals surface area contributed by atoms with Gasteiger partial charge >= 0.3 is 0 Å². The van der Waals surface area contributed by atoms with E-state index in [1.54, 1.807) is 29.9 Å². The van der Waals surface area contributed by atoms with Gasteiger partial charge in [0.2, 0.25) is 17.1 Å². The second-order valence-electron chi connectivity index (χ2n) is 7.09. The maximum atomic E-state index is 12.6. The number of aryl methyl sites for hydroxylation is 2. The monoisotopic (exact) mass is 427 g/mol. The predicted octanol–water partition coefficient (Wildman–Crippen LogP) is 2.29. The van der Waals surface area contributed by atoms with Crippen LogP contribution in [0.3, 0.4) is 0 Å². The number of nitrogens with one attached hydrogen (secondary N) is 1. The lowest BCUT2D eigenvalue weighted by atomic mass is 9.91. The molecule has 0 radical (unpaired) electrons. The van der Waals surface area contributed by atoms with Crippen molar-refractivity contribution < 1.29 is 24.2 Å². The van der Waals surface area contributed by atoms with E-state index in [0.29, 0.717) is 30.8 Å². The molecular formula is C22H25N3O6. The Balaban J connectivity index is 1.81. The molecule has 3 rings (SSSR count). The molecule has 1 atom stereocenters. The fraction of sp³-hybridized carbons (Fsp3) is 0.318. The van der Waals surface area contributed by atoms with Crippen molar-refractivity contribution in [3.63, 3.8) is 0 Å². The van der Waals surface area contributed by atoms with E-state index in [0.717, 1.165) is 0 Å². The third kappa shape index (κ3) is 5.44. The van der Waals surface area contributed by atoms with E-state index in [9.17, 15) is 19.8 Å². The van der Waals surface area contributed by atoms with Crippen molar-refractivity contribution in [1.82, 2.24) is 15.1 Å². The van der Waals surface area contributed by atoms with Gasteiger partial charge in [0.25, 0.3) is 0 Å². The number of phenolic OH excluding ortho intramolecular Hbond substituents is 1. The van der Waals surface area contributed by atoms with Gasteiger partial charge in [-0.05, 0) is 37.1 Å². The second-order valence-corrected chi connectivity index (χ2v) is 7.09. The normalized spacial score (nSPS) is 11.8. The quantitative estimate of drug-likeness (QED) is 0.447. The van der Waals surface area contributed by atoms with Crippen molar-refractivity contribution in [2.24, 2.45) is 0 Å². The van der Waals surface area contributed by atoms with Crippen LogP contribution in [0.4, 0.5) is 0 Å². The molecule has 0 spiro atoms. The van der Waals surface area contributed by atoms with Crippen molar-refractivity contribution in [2.45, 2.75) is 32.2 Å². The Labute approximate surface area is 178 Å². The smallest absolute Gasteiger partial charge is 0.227 e. The van der Waals surface area contributed by atoms with E-state index >= 15 is 0 Å². The number of aromatic hydroxyl groups is 2. The van der Waals surface area contributed by atoms with Crippen LogP contribution in [0.5, 0.6) is 17.2 Å². The number of aromatic nitrogens is 2. The van der Waals surface area contributed by atoms with Crippen LogP contribution in [-0.4, -0.2) is 39.6 Å². The molecule has 0 saturated heterocycles. The summed E-state index contributed by atoms with van der Waals surface area (Å²) in [6.45, 7) is 2.70. The number of carbonyl (C=O) groups excluding carboxylic acids is 1. The molecule has 3 aromatic rings. The molecule has 0 aliphatic carbocycles. The highest BCUT2D eigenvalue weighted by Crippen LogP contribution is 2.37. The van der Waals surface area contributed by atoms with Crippen LogP contribution < -0.4 is 15.5 Å². The molecule has 0 aliphatic rings. The lowest BCUT2D eigenvalue weighted by Gasteiger charge is -2.19. The first-order chi connectivity index (χ1) is 14.9. The molecule has 1 unspecified atom stereocenters. The number of hydrogen-bond acceptors (Lipinski definition) is 7. The molecule has 1 amide bonds. The predicted molar refractivity (Wildman–Crippen MR) is 112 cm³/mol. The van der Waals surface area contributed by atoms with Crippen molar-refractivity contribution >= 4 is 5.91 Å². The van der Waals surface area contributed by atoms with E-state index in [1.807, 2.05) is 12.3 Å². The molecule has 9 heteroatoms. The van der Waals surface area contributed by atoms with Gasteiger partial charge in [-0.2, -0.15) is 5.10 Å². The van der Waals surface area contributed by atoms with Gasteiger partial charge in [-0.3, -0.25) is 14.3 Å². The summed E-state index contributed by atoms with van der Waals surface area (Å²) in [6, 6.07) is 7.58. The van der Waals surface area contributed by atoms with Crippen molar-refractivity contribution in [3.8, 4) is 17.2 Å². The topological polar surface area (TPSA) is 127 Å². The Morgan fingerprint density at radius 3 is 2.84 bits per heavy atom. The highest BCUT2D eigenvalue weighted by molar-refractivity contribution is 5.77. The van der Waals surface area contributed by atoms with Crippen LogP contribution in [0, 0.1) is 6.92 Å². The number of amides is 1. The van der Waals surface area contributed by atoms with Gasteiger partial charge in [0.15, 0.2) is 17.3 Å². The average Bonchev–Trinajstić information content (AvgIpc) is 3.26. The molecule has 3 N–H and O–H groups in total. The Bertz CT molecular complexity index is 1090. The van der Waals surface area contributed by atoms with Crippen LogP contribution >= 0.6 is 0 Å². The molecule has 0 aliphatic heterocycles. The Hall–Kier alpha value is -3.75. The van der Waals surface area contributed by atoms with Gasteiger partial charge in [-0.25, -0.2) is 0 Å². The summed E-state index contributed by atoms with van der Waals surface area (Å²) in [5.74, 6) is -1.14. The van der Waals surface area contributed by atoms with Crippen LogP contribution in [0.15, 0.2) is 51.9 Å². The summed E-state index contributed by atoms with van der Waals surface area (Å²) in [5.41, 5.74) is -0.0421. The number of phenols is 1. The standard InChI is InChI=1S/C22H25N3O6/c1-14-11-18(27)21(29)22(31-14)16(15-5-6-17(26)19(12-15)30-2)13-20(28)23-7-3-9-25-10-4-8-24-25/h4-6,8,10-12,16,26,29H,3,7,9,13H2,1-2H3,(H,23,28). The number of nitrogens with zero attached hydrogens (tertiary/aromatic N) is 2. The van der Waals surface area contributed by atoms with Gasteiger partial charge in [-0.15, -0.1) is 0 Å². The zero-order valence-electron chi connectivity index (χ0n) is 17.4. The summed E-state index contributed by atoms with van der Waals surface area (Å²) in [4.78, 5) is 24.7. The zero-order valence-corrected chi connectivity index (χ0v) is 17.4. The van der Waals surface area contributed by atoms with Crippen molar-refractivity contribution in [2.75, 3.05) is 13.7 Å². The summed E-state index contributed by atoms with van der Waals surface area (Å²) in [6.07, 6.45) is 4.15. The van der Waals surface area contributed by atoms with Crippen LogP contribution in [0.1, 0.15) is 35.8 Å². The Morgan fingerprint density at radius 2 is 2.13 bits per heavy atom. The summed E-state index contributed by atoms with van der Waals surface area (Å²) >= 11 is 0. The summed E-state index contributed by atoms with van der Waals surface area (Å²) < 4.78 is 12.6. The average molecular weight is 427 g/mol. The molecule has 1 aromatic carbocycles. The molecule has 0 fully saturated rings. The van der Waals surface area contributed by atoms with Crippen molar-refractivity contribution in [1.29, 1.82) is 0 Å². The molecule has 9 nitrogen and oxygen atoms in total. The Morgan fingerprint density at radius 1 is 1.32 bits per heavy atom. The fourth-order valence-electron chi connectivity index (χ4n) is 3.29. The number of benzene rings is 1. The lowest BCUT2D eigenvalue weighted by Crippen LogP contribution is -2.27. The summed E-state index contributed by atoms with van der Waals surface area (Å²) in [7, 11) is 1.41. The third-order valence-corrected chi connectivity index (χ3v) is 4.83. The molecule has 164 valence electrons. The van der Waals surface area contributed by atoms with Crippen molar-refractivity contribution in [3.05, 3.63) is 70.0 Å². The molecular weight excluding hydrogens is 402 g/mol. The minimum Gasteiger partial charge on any atom is -0.504 e. The van der Waals surface area contributed by atoms with Gasteiger partial charge < -0.3 is 24.7 Å². The van der Waals surface area contributed by atoms with Crippen LogP contribution in [-0.2, 0) is 11.3 Å². The molecule has 0 bridgehead atoms. The number of ether oxygens (including phenoxy) is 1. The largest absolute Gasteiger partial charge is 0.504 e. The van der Waals surface area contributed by atoms with Gasteiger partial charge in [0.1, 0.15) is 5.76 Å². The SMILES string of the molecule is COc1cc(C(CC(=O)NCCCn2cccn2)c2oc(C)cc(=O)c2O)ccc1O. The van der Waals surface area contributed by atoms with Gasteiger partial charge in [0, 0.05) is 38.0 Å². The van der Waals surface area contributed by atoms with E-state index in [-0.39, 0.29) is 29.6 Å². The first kappa shape index (κ1) is 21.9. The maximum Gasteiger partial charge on any atom is 0.227 e. The molecule has 2 heterocycles. The van der Waals surface area contributed by atoms with Crippen LogP contribution in [0.2, 0.25) is 0 Å². The fourth-order valence-corrected chi connectivity index (χ4v) is 3.29. The summed E-state index contributed by atoms with van der Waals surface area (Å²) in [5, 5.41) is 27.2. The second kappa shape index (κ2) is 9.84. The molecule has 2 aromatic heterocycles. The number of hydrogen-bond donors (Lipinski definition) is 3. The number of carbonyl (C=O) groups is 1. The van der Waals surface area contributed by atoms with Gasteiger partial charge in [0.05, 0.1) is 13.0 Å². The highest BCUT2D eigenvalue weighted by Gasteiger charge is 2.26. The maximum absolute atomic E-state index is 12.6. The lowest BCUT2D eigenvalue weighted by molar-refractivity contribution is -0.121. The highest BCUT2D eigenvalue weighted by atomic mass is 16.5. The zero-order chi connectivity index (χ0) is 22.4. The molecule has 31 heavy (non-hydrogen) atoms. The molecule has 0 saturated carbocycles. The Kier molecular flexibility index (Phi) is 6.96. The third-order valence-electron chi connectivity index (χ3n) is 4.83. The number of methoxy groups -OCH3 is 1. The van der Waals surface area contributed by atoms with E-state index in [4.69, 9.17) is 9.15 Å². The van der Waals surface area contributed by atoms with E-state index in [2.05, 4.69) is 10.4 Å². The number of rotatable bonds is 9. The first-order valence-corrected chi connectivity index (χ1v) is 9.83. The minimum absolute atomic E-state index is 0.00978.